The number of nitriles is 1. The number of carbonyl (C=O) groups is 1. The Kier molecular flexibility index (Phi) is 5.70. The summed E-state index contributed by atoms with van der Waals surface area (Å²) < 4.78 is 1.02. The molecule has 0 heterocycles. The first-order valence-corrected chi connectivity index (χ1v) is 7.60. The van der Waals surface area contributed by atoms with E-state index in [4.69, 9.17) is 5.26 Å². The SMILES string of the molecule is CN(CC(=O)Nc1ccccc1C#N)Cc1cccc(Br)c1. The summed E-state index contributed by atoms with van der Waals surface area (Å²) in [6.45, 7) is 0.930. The highest BCUT2D eigenvalue weighted by Gasteiger charge is 2.09. The van der Waals surface area contributed by atoms with E-state index in [9.17, 15) is 4.79 Å². The minimum atomic E-state index is -0.139. The maximum atomic E-state index is 12.1. The number of anilines is 1. The van der Waals surface area contributed by atoms with E-state index in [-0.39, 0.29) is 12.5 Å². The summed E-state index contributed by atoms with van der Waals surface area (Å²) in [4.78, 5) is 14.0. The van der Waals surface area contributed by atoms with E-state index in [1.54, 1.807) is 24.3 Å². The minimum absolute atomic E-state index is 0.139. The van der Waals surface area contributed by atoms with Gasteiger partial charge in [-0.1, -0.05) is 40.2 Å². The molecule has 0 unspecified atom stereocenters. The molecule has 0 radical (unpaired) electrons. The van der Waals surface area contributed by atoms with E-state index in [0.29, 0.717) is 17.8 Å². The highest BCUT2D eigenvalue weighted by Crippen LogP contribution is 2.14. The first kappa shape index (κ1) is 16.2. The van der Waals surface area contributed by atoms with Crippen LogP contribution in [-0.4, -0.2) is 24.4 Å². The second-order valence-electron chi connectivity index (χ2n) is 5.01. The van der Waals surface area contributed by atoms with Gasteiger partial charge in [-0.25, -0.2) is 0 Å². The zero-order valence-corrected chi connectivity index (χ0v) is 13.8. The van der Waals surface area contributed by atoms with Crippen LogP contribution < -0.4 is 5.32 Å². The summed E-state index contributed by atoms with van der Waals surface area (Å²) in [7, 11) is 1.89. The highest BCUT2D eigenvalue weighted by molar-refractivity contribution is 9.10. The van der Waals surface area contributed by atoms with Crippen LogP contribution in [0.5, 0.6) is 0 Å². The molecular formula is C17H16BrN3O. The Morgan fingerprint density at radius 3 is 2.77 bits per heavy atom. The molecule has 0 aromatic heterocycles. The Bertz CT molecular complexity index is 709. The number of carbonyl (C=O) groups excluding carboxylic acids is 1. The summed E-state index contributed by atoms with van der Waals surface area (Å²) in [6.07, 6.45) is 0. The summed E-state index contributed by atoms with van der Waals surface area (Å²) in [5.74, 6) is -0.139. The predicted molar refractivity (Wildman–Crippen MR) is 90.3 cm³/mol. The molecule has 0 saturated carbocycles. The molecule has 0 aliphatic carbocycles. The van der Waals surface area contributed by atoms with E-state index >= 15 is 0 Å². The van der Waals surface area contributed by atoms with Gasteiger partial charge in [0.1, 0.15) is 6.07 Å². The highest BCUT2D eigenvalue weighted by atomic mass is 79.9. The number of amides is 1. The fourth-order valence-electron chi connectivity index (χ4n) is 2.13. The Morgan fingerprint density at radius 2 is 2.05 bits per heavy atom. The van der Waals surface area contributed by atoms with Crippen molar-refractivity contribution in [3.63, 3.8) is 0 Å². The molecule has 0 fully saturated rings. The molecule has 4 nitrogen and oxygen atoms in total. The topological polar surface area (TPSA) is 56.1 Å². The van der Waals surface area contributed by atoms with E-state index in [1.165, 1.54) is 0 Å². The van der Waals surface area contributed by atoms with Crippen molar-refractivity contribution in [2.75, 3.05) is 18.9 Å². The third-order valence-electron chi connectivity index (χ3n) is 3.08. The van der Waals surface area contributed by atoms with Crippen molar-refractivity contribution in [2.24, 2.45) is 0 Å². The molecule has 1 amide bonds. The number of nitrogens with one attached hydrogen (secondary N) is 1. The van der Waals surface area contributed by atoms with Crippen molar-refractivity contribution in [3.8, 4) is 6.07 Å². The van der Waals surface area contributed by atoms with Gasteiger partial charge < -0.3 is 5.32 Å². The van der Waals surface area contributed by atoms with Crippen molar-refractivity contribution in [1.29, 1.82) is 5.26 Å². The van der Waals surface area contributed by atoms with Gasteiger partial charge in [0.2, 0.25) is 5.91 Å². The van der Waals surface area contributed by atoms with Crippen molar-refractivity contribution < 1.29 is 4.79 Å². The van der Waals surface area contributed by atoms with Gasteiger partial charge in [-0.3, -0.25) is 9.69 Å². The predicted octanol–water partition coefficient (Wildman–Crippen LogP) is 3.39. The Hall–Kier alpha value is -2.16. The van der Waals surface area contributed by atoms with E-state index in [1.807, 2.05) is 36.2 Å². The molecule has 2 aromatic rings. The fraction of sp³-hybridized carbons (Fsp3) is 0.176. The van der Waals surface area contributed by atoms with Crippen molar-refractivity contribution >= 4 is 27.5 Å². The van der Waals surface area contributed by atoms with Crippen molar-refractivity contribution in [2.45, 2.75) is 6.54 Å². The van der Waals surface area contributed by atoms with Gasteiger partial charge in [0.15, 0.2) is 0 Å². The zero-order valence-electron chi connectivity index (χ0n) is 12.2. The Labute approximate surface area is 138 Å². The maximum Gasteiger partial charge on any atom is 0.238 e. The van der Waals surface area contributed by atoms with Crippen LogP contribution in [0.15, 0.2) is 53.0 Å². The largest absolute Gasteiger partial charge is 0.324 e. The summed E-state index contributed by atoms with van der Waals surface area (Å²) in [5, 5.41) is 11.8. The summed E-state index contributed by atoms with van der Waals surface area (Å²) in [5.41, 5.74) is 2.14. The first-order chi connectivity index (χ1) is 10.6. The van der Waals surface area contributed by atoms with E-state index < -0.39 is 0 Å². The van der Waals surface area contributed by atoms with Crippen LogP contribution in [0.3, 0.4) is 0 Å². The van der Waals surface area contributed by atoms with Crippen LogP contribution in [0.25, 0.3) is 0 Å². The number of likely N-dealkylation sites (N-methyl/N-ethyl adjacent to an activating group) is 1. The van der Waals surface area contributed by atoms with Gasteiger partial charge in [0.05, 0.1) is 17.8 Å². The second kappa shape index (κ2) is 7.74. The second-order valence-corrected chi connectivity index (χ2v) is 5.92. The molecule has 0 aliphatic rings. The van der Waals surface area contributed by atoms with Gasteiger partial charge in [0.25, 0.3) is 0 Å². The first-order valence-electron chi connectivity index (χ1n) is 6.80. The molecule has 0 atom stereocenters. The lowest BCUT2D eigenvalue weighted by molar-refractivity contribution is -0.117. The van der Waals surface area contributed by atoms with Gasteiger partial charge in [-0.05, 0) is 36.9 Å². The third kappa shape index (κ3) is 4.69. The molecule has 22 heavy (non-hydrogen) atoms. The van der Waals surface area contributed by atoms with Gasteiger partial charge in [-0.2, -0.15) is 5.26 Å². The van der Waals surface area contributed by atoms with Crippen molar-refractivity contribution in [3.05, 3.63) is 64.1 Å². The lowest BCUT2D eigenvalue weighted by Gasteiger charge is -2.16. The number of para-hydroxylation sites is 1. The Balaban J connectivity index is 1.93. The maximum absolute atomic E-state index is 12.1. The van der Waals surface area contributed by atoms with Gasteiger partial charge in [0, 0.05) is 11.0 Å². The Morgan fingerprint density at radius 1 is 1.27 bits per heavy atom. The number of rotatable bonds is 5. The molecule has 0 spiro atoms. The standard InChI is InChI=1S/C17H16BrN3O/c1-21(11-13-5-4-7-15(18)9-13)12-17(22)20-16-8-3-2-6-14(16)10-19/h2-9H,11-12H2,1H3,(H,20,22). The normalized spacial score (nSPS) is 10.3. The average Bonchev–Trinajstić information content (AvgIpc) is 2.47. The van der Waals surface area contributed by atoms with Crippen LogP contribution in [0.2, 0.25) is 0 Å². The van der Waals surface area contributed by atoms with Crippen LogP contribution in [-0.2, 0) is 11.3 Å². The quantitative estimate of drug-likeness (QED) is 0.892. The zero-order chi connectivity index (χ0) is 15.9. The van der Waals surface area contributed by atoms with Crippen LogP contribution in [0.1, 0.15) is 11.1 Å². The van der Waals surface area contributed by atoms with Crippen LogP contribution in [0.4, 0.5) is 5.69 Å². The molecule has 1 N–H and O–H groups in total. The monoisotopic (exact) mass is 357 g/mol. The molecule has 0 saturated heterocycles. The minimum Gasteiger partial charge on any atom is -0.324 e. The van der Waals surface area contributed by atoms with Crippen LogP contribution >= 0.6 is 15.9 Å². The molecule has 2 rings (SSSR count). The molecular weight excluding hydrogens is 342 g/mol. The average molecular weight is 358 g/mol. The molecule has 0 bridgehead atoms. The van der Waals surface area contributed by atoms with E-state index in [2.05, 4.69) is 27.3 Å². The molecule has 0 aliphatic heterocycles. The van der Waals surface area contributed by atoms with Crippen molar-refractivity contribution in [1.82, 2.24) is 4.90 Å². The van der Waals surface area contributed by atoms with Gasteiger partial charge >= 0.3 is 0 Å². The number of hydrogen-bond donors (Lipinski definition) is 1. The molecule has 112 valence electrons. The van der Waals surface area contributed by atoms with Gasteiger partial charge in [-0.15, -0.1) is 0 Å². The lowest BCUT2D eigenvalue weighted by Crippen LogP contribution is -2.30. The number of halogens is 1. The fourth-order valence-corrected chi connectivity index (χ4v) is 2.57. The molecule has 5 heteroatoms. The smallest absolute Gasteiger partial charge is 0.238 e. The summed E-state index contributed by atoms with van der Waals surface area (Å²) in [6, 6.07) is 17.0. The third-order valence-corrected chi connectivity index (χ3v) is 3.57. The van der Waals surface area contributed by atoms with E-state index in [0.717, 1.165) is 10.0 Å². The summed E-state index contributed by atoms with van der Waals surface area (Å²) >= 11 is 3.43. The van der Waals surface area contributed by atoms with Crippen LogP contribution in [0, 0.1) is 11.3 Å². The number of nitrogens with zero attached hydrogens (tertiary/aromatic N) is 2. The number of benzene rings is 2. The molecule has 2 aromatic carbocycles. The lowest BCUT2D eigenvalue weighted by atomic mass is 10.2. The number of hydrogen-bond acceptors (Lipinski definition) is 3.